The van der Waals surface area contributed by atoms with Gasteiger partial charge in [0.05, 0.1) is 10.6 Å². The molecule has 0 bridgehead atoms. The lowest BCUT2D eigenvalue weighted by molar-refractivity contribution is -0.140. The predicted molar refractivity (Wildman–Crippen MR) is 173 cm³/mol. The van der Waals surface area contributed by atoms with E-state index in [0.29, 0.717) is 12.1 Å². The fraction of sp³-hybridized carbons (Fsp3) is 0.278. The number of carbonyl (C=O) groups excluding carboxylic acids is 2. The number of anilines is 1. The molecule has 1 N–H and O–H groups in total. The lowest BCUT2D eigenvalue weighted by Gasteiger charge is -2.34. The molecule has 5 rings (SSSR count). The van der Waals surface area contributed by atoms with E-state index < -0.39 is 28.5 Å². The van der Waals surface area contributed by atoms with E-state index >= 15 is 0 Å². The van der Waals surface area contributed by atoms with Crippen LogP contribution in [0.3, 0.4) is 0 Å². The van der Waals surface area contributed by atoms with Crippen molar-refractivity contribution in [2.75, 3.05) is 10.8 Å². The Bertz CT molecular complexity index is 1640. The Morgan fingerprint density at radius 1 is 0.795 bits per heavy atom. The topological polar surface area (TPSA) is 86.8 Å². The molecule has 8 heteroatoms. The summed E-state index contributed by atoms with van der Waals surface area (Å²) >= 11 is 0. The van der Waals surface area contributed by atoms with E-state index in [-0.39, 0.29) is 23.4 Å². The first kappa shape index (κ1) is 31.0. The number of benzene rings is 4. The molecule has 1 aliphatic carbocycles. The lowest BCUT2D eigenvalue weighted by Crippen LogP contribution is -2.54. The Labute approximate surface area is 260 Å². The van der Waals surface area contributed by atoms with Crippen molar-refractivity contribution in [1.29, 1.82) is 0 Å². The van der Waals surface area contributed by atoms with Crippen LogP contribution in [0.25, 0.3) is 0 Å². The summed E-state index contributed by atoms with van der Waals surface area (Å²) in [5.74, 6) is -0.684. The largest absolute Gasteiger partial charge is 0.352 e. The van der Waals surface area contributed by atoms with E-state index in [0.717, 1.165) is 46.7 Å². The van der Waals surface area contributed by atoms with E-state index in [4.69, 9.17) is 0 Å². The quantitative estimate of drug-likeness (QED) is 0.217. The van der Waals surface area contributed by atoms with Crippen molar-refractivity contribution in [2.24, 2.45) is 0 Å². The maximum atomic E-state index is 14.5. The third-order valence-corrected chi connectivity index (χ3v) is 9.85. The highest BCUT2D eigenvalue weighted by molar-refractivity contribution is 7.92. The van der Waals surface area contributed by atoms with Gasteiger partial charge in [0.2, 0.25) is 11.8 Å². The van der Waals surface area contributed by atoms with Gasteiger partial charge in [-0.3, -0.25) is 13.9 Å². The van der Waals surface area contributed by atoms with E-state index in [1.807, 2.05) is 61.5 Å². The summed E-state index contributed by atoms with van der Waals surface area (Å²) in [6.07, 6.45) is 4.24. The van der Waals surface area contributed by atoms with Crippen LogP contribution < -0.4 is 9.62 Å². The van der Waals surface area contributed by atoms with Crippen molar-refractivity contribution in [2.45, 2.75) is 62.6 Å². The summed E-state index contributed by atoms with van der Waals surface area (Å²) in [4.78, 5) is 30.2. The first-order valence-corrected chi connectivity index (χ1v) is 16.6. The van der Waals surface area contributed by atoms with Gasteiger partial charge in [-0.1, -0.05) is 109 Å². The number of hydrogen-bond donors (Lipinski definition) is 1. The SMILES string of the molecule is Cc1cccc(CN(C(=O)CN(c2ccccc2)S(=O)(=O)c2ccccc2)[C@H](Cc2ccccc2)C(=O)NC2CCCC2)c1. The third kappa shape index (κ3) is 7.74. The van der Waals surface area contributed by atoms with Crippen LogP contribution in [-0.4, -0.2) is 43.8 Å². The molecule has 1 fully saturated rings. The Balaban J connectivity index is 1.55. The molecule has 1 atom stereocenters. The Hall–Kier alpha value is -4.43. The zero-order valence-corrected chi connectivity index (χ0v) is 25.8. The molecule has 1 saturated carbocycles. The Morgan fingerprint density at radius 3 is 2.02 bits per heavy atom. The molecule has 7 nitrogen and oxygen atoms in total. The molecule has 0 radical (unpaired) electrons. The summed E-state index contributed by atoms with van der Waals surface area (Å²) in [6.45, 7) is 1.67. The lowest BCUT2D eigenvalue weighted by atomic mass is 10.0. The van der Waals surface area contributed by atoms with Gasteiger partial charge in [-0.05, 0) is 55.2 Å². The van der Waals surface area contributed by atoms with E-state index in [1.165, 1.54) is 12.1 Å². The van der Waals surface area contributed by atoms with Gasteiger partial charge in [0.15, 0.2) is 0 Å². The Morgan fingerprint density at radius 2 is 1.39 bits per heavy atom. The molecule has 0 unspecified atom stereocenters. The second kappa shape index (κ2) is 14.4. The number of nitrogens with zero attached hydrogens (tertiary/aromatic N) is 2. The van der Waals surface area contributed by atoms with Gasteiger partial charge in [-0.15, -0.1) is 0 Å². The molecule has 0 aromatic heterocycles. The molecular formula is C36H39N3O4S. The van der Waals surface area contributed by atoms with Gasteiger partial charge < -0.3 is 10.2 Å². The van der Waals surface area contributed by atoms with Crippen molar-refractivity contribution in [3.8, 4) is 0 Å². The van der Waals surface area contributed by atoms with Gasteiger partial charge in [0.1, 0.15) is 12.6 Å². The average molecular weight is 610 g/mol. The second-order valence-corrected chi connectivity index (χ2v) is 13.2. The molecule has 4 aromatic rings. The van der Waals surface area contributed by atoms with Crippen molar-refractivity contribution >= 4 is 27.5 Å². The number of aryl methyl sites for hydroxylation is 1. The standard InChI is InChI=1S/C36H39N3O4S/c1-28-14-13-17-30(24-28)26-38(34(25-29-15-5-2-6-16-29)36(41)37-31-18-11-12-19-31)35(40)27-39(32-20-7-3-8-21-32)44(42,43)33-22-9-4-10-23-33/h2-10,13-17,20-24,31,34H,11-12,18-19,25-27H2,1H3,(H,37,41)/t34-/m1/s1. The van der Waals surface area contributed by atoms with Crippen LogP contribution in [0.5, 0.6) is 0 Å². The number of rotatable bonds is 12. The molecule has 44 heavy (non-hydrogen) atoms. The second-order valence-electron chi connectivity index (χ2n) is 11.4. The number of para-hydroxylation sites is 1. The predicted octanol–water partition coefficient (Wildman–Crippen LogP) is 5.89. The molecule has 0 aliphatic heterocycles. The van der Waals surface area contributed by atoms with Crippen molar-refractivity contribution in [1.82, 2.24) is 10.2 Å². The van der Waals surface area contributed by atoms with E-state index in [1.54, 1.807) is 53.4 Å². The van der Waals surface area contributed by atoms with Gasteiger partial charge in [0, 0.05) is 19.0 Å². The monoisotopic (exact) mass is 609 g/mol. The molecule has 4 aromatic carbocycles. The minimum absolute atomic E-state index is 0.0657. The normalized spacial score (nSPS) is 14.1. The van der Waals surface area contributed by atoms with Crippen molar-refractivity contribution in [3.63, 3.8) is 0 Å². The molecule has 0 heterocycles. The summed E-state index contributed by atoms with van der Waals surface area (Å²) < 4.78 is 29.1. The molecule has 0 spiro atoms. The van der Waals surface area contributed by atoms with Crippen LogP contribution in [0, 0.1) is 6.92 Å². The number of nitrogens with one attached hydrogen (secondary N) is 1. The summed E-state index contributed by atoms with van der Waals surface area (Å²) in [6, 6.07) is 33.4. The van der Waals surface area contributed by atoms with Crippen molar-refractivity contribution < 1.29 is 18.0 Å². The fourth-order valence-electron chi connectivity index (χ4n) is 5.77. The molecule has 228 valence electrons. The van der Waals surface area contributed by atoms with Gasteiger partial charge in [0.25, 0.3) is 10.0 Å². The number of carbonyl (C=O) groups is 2. The van der Waals surface area contributed by atoms with Crippen molar-refractivity contribution in [3.05, 3.63) is 132 Å². The van der Waals surface area contributed by atoms with Gasteiger partial charge >= 0.3 is 0 Å². The maximum Gasteiger partial charge on any atom is 0.264 e. The third-order valence-electron chi connectivity index (χ3n) is 8.06. The summed E-state index contributed by atoms with van der Waals surface area (Å²) in [5, 5.41) is 3.21. The smallest absolute Gasteiger partial charge is 0.264 e. The van der Waals surface area contributed by atoms with E-state index in [2.05, 4.69) is 5.32 Å². The van der Waals surface area contributed by atoms with Gasteiger partial charge in [-0.2, -0.15) is 0 Å². The zero-order chi connectivity index (χ0) is 30.9. The van der Waals surface area contributed by atoms with Crippen LogP contribution >= 0.6 is 0 Å². The van der Waals surface area contributed by atoms with Crippen LogP contribution in [0.4, 0.5) is 5.69 Å². The number of amides is 2. The highest BCUT2D eigenvalue weighted by Crippen LogP contribution is 2.25. The van der Waals surface area contributed by atoms with Crippen LogP contribution in [0.1, 0.15) is 42.4 Å². The highest BCUT2D eigenvalue weighted by Gasteiger charge is 2.35. The fourth-order valence-corrected chi connectivity index (χ4v) is 7.21. The summed E-state index contributed by atoms with van der Waals surface area (Å²) in [5.41, 5.74) is 3.18. The van der Waals surface area contributed by atoms with Gasteiger partial charge in [-0.25, -0.2) is 8.42 Å². The first-order valence-electron chi connectivity index (χ1n) is 15.1. The van der Waals surface area contributed by atoms with Crippen LogP contribution in [-0.2, 0) is 32.6 Å². The van der Waals surface area contributed by atoms with Crippen LogP contribution in [0.2, 0.25) is 0 Å². The first-order chi connectivity index (χ1) is 21.3. The highest BCUT2D eigenvalue weighted by atomic mass is 32.2. The van der Waals surface area contributed by atoms with Crippen LogP contribution in [0.15, 0.2) is 120 Å². The molecule has 2 amide bonds. The minimum atomic E-state index is -4.10. The maximum absolute atomic E-state index is 14.5. The molecule has 1 aliphatic rings. The zero-order valence-electron chi connectivity index (χ0n) is 25.0. The number of sulfonamides is 1. The van der Waals surface area contributed by atoms with E-state index in [9.17, 15) is 18.0 Å². The molecular weight excluding hydrogens is 570 g/mol. The number of hydrogen-bond acceptors (Lipinski definition) is 4. The molecule has 0 saturated heterocycles. The average Bonchev–Trinajstić information content (AvgIpc) is 3.56. The minimum Gasteiger partial charge on any atom is -0.352 e. The Kier molecular flexibility index (Phi) is 10.1. The summed E-state index contributed by atoms with van der Waals surface area (Å²) in [7, 11) is -4.10.